The maximum absolute atomic E-state index is 12.9. The van der Waals surface area contributed by atoms with E-state index < -0.39 is 29.8 Å². The van der Waals surface area contributed by atoms with Crippen LogP contribution in [0, 0.1) is 45.3 Å². The minimum absolute atomic E-state index is 0.0542. The first-order valence-electron chi connectivity index (χ1n) is 23.3. The highest BCUT2D eigenvalue weighted by atomic mass is 79.9. The van der Waals surface area contributed by atoms with Gasteiger partial charge in [0, 0.05) is 60.7 Å². The zero-order chi connectivity index (χ0) is 51.6. The molecule has 4 aromatic heterocycles. The number of hydrogen-bond acceptors (Lipinski definition) is 14. The number of benzene rings is 2. The fraction of sp³-hybridized carbons (Fsp3) is 0.360. The summed E-state index contributed by atoms with van der Waals surface area (Å²) in [6, 6.07) is 22.3. The van der Waals surface area contributed by atoms with Gasteiger partial charge < -0.3 is 51.4 Å². The number of primary amides is 2. The first-order valence-corrected chi connectivity index (χ1v) is 24.1. The average Bonchev–Trinajstić information content (AvgIpc) is 4.17. The Morgan fingerprint density at radius 2 is 1.12 bits per heavy atom. The molecule has 2 saturated carbocycles. The number of ether oxygens (including phenoxy) is 2. The summed E-state index contributed by atoms with van der Waals surface area (Å²) in [5.41, 5.74) is 15.2. The smallest absolute Gasteiger partial charge is 0.488 e. The highest BCUT2D eigenvalue weighted by Crippen LogP contribution is 2.48. The largest absolute Gasteiger partial charge is 0.497 e. The van der Waals surface area contributed by atoms with E-state index in [0.29, 0.717) is 85.6 Å². The second-order valence-electron chi connectivity index (χ2n) is 18.8. The number of nitriles is 2. The number of likely N-dealkylation sites (tertiary alicyclic amines) is 2. The molecule has 22 heteroatoms. The van der Waals surface area contributed by atoms with E-state index in [1.54, 1.807) is 63.5 Å². The van der Waals surface area contributed by atoms with Crippen molar-refractivity contribution in [1.29, 1.82) is 10.5 Å². The summed E-state index contributed by atoms with van der Waals surface area (Å²) in [5.74, 6) is 0.443. The van der Waals surface area contributed by atoms with E-state index in [1.165, 1.54) is 12.4 Å². The number of amides is 4. The van der Waals surface area contributed by atoms with Gasteiger partial charge in [0.1, 0.15) is 22.3 Å². The quantitative estimate of drug-likeness (QED) is 0.0951. The van der Waals surface area contributed by atoms with Crippen molar-refractivity contribution in [3.63, 3.8) is 0 Å². The first-order chi connectivity index (χ1) is 34.4. The third kappa shape index (κ3) is 10.4. The number of hydrogen-bond donors (Lipinski definition) is 6. The lowest BCUT2D eigenvalue weighted by molar-refractivity contribution is -0.134. The van der Waals surface area contributed by atoms with Crippen molar-refractivity contribution in [1.82, 2.24) is 29.0 Å². The predicted octanol–water partition coefficient (Wildman–Crippen LogP) is 3.80. The lowest BCUT2D eigenvalue weighted by Crippen LogP contribution is -2.36. The van der Waals surface area contributed by atoms with Crippen LogP contribution < -0.4 is 37.0 Å². The second kappa shape index (κ2) is 20.6. The molecule has 10 rings (SSSR count). The van der Waals surface area contributed by atoms with E-state index in [4.69, 9.17) is 31.0 Å². The van der Waals surface area contributed by atoms with Crippen LogP contribution in [-0.2, 0) is 9.59 Å². The van der Waals surface area contributed by atoms with Gasteiger partial charge in [-0.1, -0.05) is 38.1 Å². The number of nitrogens with two attached hydrogens (primary N) is 2. The van der Waals surface area contributed by atoms with E-state index in [0.717, 1.165) is 32.4 Å². The standard InChI is InChI=1S/C25H26N6O3.C18H19BrN6O2.C7H9BO3/c1-15-11-30(24(33)25(14-26)7-8-25)13-20(15)29-22-19(23(27)32)10-28-31-12-17(9-21(22)31)16-3-5-18(34-2)6-4-16;1-10-6-24(17(27)18(9-20)2-3-18)8-13(10)23-15-12(16(21)26)5-22-25-7-11(19)4-14(15)25;1-11-7-4-2-6(3-5-7)8(9)10/h3-6,9-10,12,15,20,29H,7-8,11,13H2,1-2H3,(H2,27,32);4-5,7,10,13,23H,2-3,6,8H2,1H3,(H2,21,26);2-5,9-10H,1H3/t15-,20+;10-,13+;/m00./s1. The summed E-state index contributed by atoms with van der Waals surface area (Å²) in [5, 5.41) is 51.6. The Kier molecular flexibility index (Phi) is 14.5. The second-order valence-corrected chi connectivity index (χ2v) is 19.7. The number of carbonyl (C=O) groups excluding carboxylic acids is 4. The van der Waals surface area contributed by atoms with E-state index in [2.05, 4.69) is 55.8 Å². The molecule has 0 spiro atoms. The summed E-state index contributed by atoms with van der Waals surface area (Å²) in [6.45, 7) is 6.19. The van der Waals surface area contributed by atoms with Gasteiger partial charge in [-0.25, -0.2) is 9.03 Å². The fourth-order valence-corrected chi connectivity index (χ4v) is 9.50. The van der Waals surface area contributed by atoms with Gasteiger partial charge in [0.15, 0.2) is 0 Å². The molecule has 20 nitrogen and oxygen atoms in total. The van der Waals surface area contributed by atoms with E-state index in [1.807, 2.05) is 49.5 Å². The maximum Gasteiger partial charge on any atom is 0.488 e. The normalized spacial score (nSPS) is 19.9. The molecule has 4 fully saturated rings. The Bertz CT molecular complexity index is 3120. The van der Waals surface area contributed by atoms with Crippen LogP contribution in [0.2, 0.25) is 0 Å². The van der Waals surface area contributed by atoms with Crippen LogP contribution in [0.25, 0.3) is 22.2 Å². The number of carbonyl (C=O) groups is 4. The summed E-state index contributed by atoms with van der Waals surface area (Å²) in [7, 11) is 1.78. The molecule has 6 aromatic rings. The number of aromatic nitrogens is 4. The van der Waals surface area contributed by atoms with Crippen molar-refractivity contribution in [2.75, 3.05) is 51.0 Å². The van der Waals surface area contributed by atoms with Crippen LogP contribution in [0.1, 0.15) is 60.2 Å². The van der Waals surface area contributed by atoms with Crippen molar-refractivity contribution >= 4 is 74.5 Å². The lowest BCUT2D eigenvalue weighted by Gasteiger charge is -2.21. The molecule has 2 saturated heterocycles. The Balaban J connectivity index is 0.000000162. The number of fused-ring (bicyclic) bond motifs is 2. The zero-order valence-corrected chi connectivity index (χ0v) is 41.7. The van der Waals surface area contributed by atoms with Crippen molar-refractivity contribution < 1.29 is 38.7 Å². The number of anilines is 2. The fourth-order valence-electron chi connectivity index (χ4n) is 9.09. The molecule has 0 bridgehead atoms. The molecular weight excluding hydrogens is 987 g/mol. The highest BCUT2D eigenvalue weighted by molar-refractivity contribution is 9.10. The summed E-state index contributed by atoms with van der Waals surface area (Å²) in [6.07, 6.45) is 9.13. The number of nitrogens with one attached hydrogen (secondary N) is 2. The molecule has 0 radical (unpaired) electrons. The summed E-state index contributed by atoms with van der Waals surface area (Å²) in [4.78, 5) is 53.2. The SMILES string of the molecule is COc1ccc(-c2cc3c(N[C@@H]4CN(C(=O)C5(C#N)CC5)C[C@@H]4C)c(C(N)=O)cnn3c2)cc1.COc1ccc(B(O)O)cc1.C[C@H]1CN(C(=O)C2(C#N)CC2)C[C@H]1Nc1c(C(N)=O)cnn2cc(Br)cc12. The van der Waals surface area contributed by atoms with Gasteiger partial charge in [0.25, 0.3) is 11.8 Å². The van der Waals surface area contributed by atoms with Crippen LogP contribution in [-0.4, -0.2) is 122 Å². The van der Waals surface area contributed by atoms with Crippen molar-refractivity contribution in [3.8, 4) is 34.8 Å². The van der Waals surface area contributed by atoms with Gasteiger partial charge in [-0.3, -0.25) is 19.2 Å². The molecule has 2 aliphatic heterocycles. The summed E-state index contributed by atoms with van der Waals surface area (Å²) >= 11 is 3.42. The van der Waals surface area contributed by atoms with Gasteiger partial charge in [-0.15, -0.1) is 0 Å². The molecule has 8 N–H and O–H groups in total. The van der Waals surface area contributed by atoms with E-state index in [-0.39, 0.29) is 35.7 Å². The third-order valence-corrected chi connectivity index (χ3v) is 14.2. The first kappa shape index (κ1) is 50.7. The van der Waals surface area contributed by atoms with E-state index in [9.17, 15) is 29.7 Å². The van der Waals surface area contributed by atoms with Crippen LogP contribution in [0.5, 0.6) is 11.5 Å². The number of halogens is 1. The zero-order valence-electron chi connectivity index (χ0n) is 40.1. The minimum Gasteiger partial charge on any atom is -0.497 e. The molecule has 4 aliphatic rings. The Morgan fingerprint density at radius 3 is 1.53 bits per heavy atom. The molecule has 6 heterocycles. The molecule has 2 aliphatic carbocycles. The number of nitrogens with zero attached hydrogens (tertiary/aromatic N) is 8. The van der Waals surface area contributed by atoms with Gasteiger partial charge in [-0.2, -0.15) is 20.7 Å². The Labute approximate surface area is 423 Å². The molecule has 372 valence electrons. The summed E-state index contributed by atoms with van der Waals surface area (Å²) < 4.78 is 14.3. The molecule has 72 heavy (non-hydrogen) atoms. The van der Waals surface area contributed by atoms with E-state index >= 15 is 0 Å². The minimum atomic E-state index is -1.40. The predicted molar refractivity (Wildman–Crippen MR) is 271 cm³/mol. The van der Waals surface area contributed by atoms with Crippen molar-refractivity contribution in [2.24, 2.45) is 34.1 Å². The molecule has 4 amide bonds. The monoisotopic (exact) mass is 1040 g/mol. The number of rotatable bonds is 12. The van der Waals surface area contributed by atoms with Gasteiger partial charge >= 0.3 is 7.12 Å². The van der Waals surface area contributed by atoms with Crippen LogP contribution in [0.4, 0.5) is 11.4 Å². The Morgan fingerprint density at radius 1 is 0.694 bits per heavy atom. The van der Waals surface area contributed by atoms with Crippen LogP contribution >= 0.6 is 15.9 Å². The van der Waals surface area contributed by atoms with Crippen molar-refractivity contribution in [2.45, 2.75) is 51.6 Å². The van der Waals surface area contributed by atoms with Gasteiger partial charge in [-0.05, 0) is 101 Å². The van der Waals surface area contributed by atoms with Crippen LogP contribution in [0.3, 0.4) is 0 Å². The third-order valence-electron chi connectivity index (χ3n) is 13.8. The average molecular weight is 1040 g/mol. The van der Waals surface area contributed by atoms with Gasteiger partial charge in [0.05, 0.1) is 72.3 Å². The Hall–Kier alpha value is -7.66. The highest BCUT2D eigenvalue weighted by Gasteiger charge is 2.55. The lowest BCUT2D eigenvalue weighted by atomic mass is 9.80. The van der Waals surface area contributed by atoms with Crippen molar-refractivity contribution in [3.05, 3.63) is 101 Å². The molecule has 4 atom stereocenters. The molecular formula is C50H54BBrN12O8. The van der Waals surface area contributed by atoms with Crippen LogP contribution in [0.15, 0.2) is 89.9 Å². The number of methoxy groups -OCH3 is 2. The topological polar surface area (TPSA) is 292 Å². The molecule has 0 unspecified atom stereocenters. The maximum atomic E-state index is 12.9. The van der Waals surface area contributed by atoms with Gasteiger partial charge in [0.2, 0.25) is 11.8 Å². The molecule has 2 aromatic carbocycles.